The van der Waals surface area contributed by atoms with Crippen LogP contribution >= 0.6 is 0 Å². The van der Waals surface area contributed by atoms with Crippen molar-refractivity contribution in [1.29, 1.82) is 0 Å². The van der Waals surface area contributed by atoms with Gasteiger partial charge < -0.3 is 50.8 Å². The Bertz CT molecular complexity index is 939. The summed E-state index contributed by atoms with van der Waals surface area (Å²) in [7, 11) is 3.26. The first-order chi connectivity index (χ1) is 17.7. The highest BCUT2D eigenvalue weighted by atomic mass is 16.8. The molecule has 7 N–H and O–H groups in total. The predicted molar refractivity (Wildman–Crippen MR) is 131 cm³/mol. The molecule has 3 unspecified atom stereocenters. The van der Waals surface area contributed by atoms with E-state index in [9.17, 15) is 24.9 Å². The Morgan fingerprint density at radius 2 is 1.70 bits per heavy atom. The van der Waals surface area contributed by atoms with Gasteiger partial charge in [0.15, 0.2) is 0 Å². The molecule has 0 bridgehead atoms. The molecule has 1 saturated carbocycles. The van der Waals surface area contributed by atoms with Crippen LogP contribution in [0.5, 0.6) is 0 Å². The molecule has 0 spiro atoms. The Balaban J connectivity index is 1.39. The zero-order valence-electron chi connectivity index (χ0n) is 21.3. The molecule has 37 heavy (non-hydrogen) atoms. The molecular formula is C25H38N4O8. The number of benzene rings is 1. The summed E-state index contributed by atoms with van der Waals surface area (Å²) in [4.78, 5) is 24.9. The van der Waals surface area contributed by atoms with Gasteiger partial charge >= 0.3 is 0 Å². The fourth-order valence-electron chi connectivity index (χ4n) is 5.44. The van der Waals surface area contributed by atoms with Crippen LogP contribution in [-0.4, -0.2) is 108 Å². The first kappa shape index (κ1) is 27.9. The molecule has 0 aromatic heterocycles. The van der Waals surface area contributed by atoms with Crippen molar-refractivity contribution in [1.82, 2.24) is 21.3 Å². The fourth-order valence-corrected chi connectivity index (χ4v) is 5.44. The highest BCUT2D eigenvalue weighted by molar-refractivity contribution is 5.80. The lowest BCUT2D eigenvalue weighted by Gasteiger charge is -2.58. The summed E-state index contributed by atoms with van der Waals surface area (Å²) in [5.41, 5.74) is 0.875. The molecule has 12 heteroatoms. The second-order valence-corrected chi connectivity index (χ2v) is 9.94. The number of fused-ring (bicyclic) bond motifs is 2. The molecule has 0 radical (unpaired) electrons. The van der Waals surface area contributed by atoms with Gasteiger partial charge in [0, 0.05) is 13.0 Å². The average Bonchev–Trinajstić information content (AvgIpc) is 2.85. The minimum Gasteiger partial charge on any atom is -0.390 e. The van der Waals surface area contributed by atoms with Gasteiger partial charge in [0.25, 0.3) is 0 Å². The Kier molecular flexibility index (Phi) is 8.81. The summed E-state index contributed by atoms with van der Waals surface area (Å²) >= 11 is 0. The maximum absolute atomic E-state index is 12.8. The quantitative estimate of drug-likeness (QED) is 0.198. The molecule has 1 aromatic carbocycles. The standard InChI is InChI=1S/C25H38N4O8/c1-13-11-15(29-16(30)9-10-28-17(31)12-14-7-5-4-6-8-14)25(34)24(35-13)36-23-21(33)18(26-2)20(32)19(27-3)22(23)37-25/h4-8,13,15,18-24,26-27,32-34H,9-12H2,1-3H3,(H,28,31)(H,29,30)/t13-,15-,18-,19+,20+,21-,22?,23?,24?,25+/m1/s1. The molecule has 3 aliphatic rings. The van der Waals surface area contributed by atoms with Crippen LogP contribution in [0.15, 0.2) is 30.3 Å². The summed E-state index contributed by atoms with van der Waals surface area (Å²) in [5.74, 6) is -2.64. The highest BCUT2D eigenvalue weighted by Crippen LogP contribution is 2.41. The van der Waals surface area contributed by atoms with Crippen LogP contribution in [-0.2, 0) is 30.2 Å². The third-order valence-corrected chi connectivity index (χ3v) is 7.37. The number of hydrogen-bond donors (Lipinski definition) is 7. The molecule has 2 aliphatic heterocycles. The Morgan fingerprint density at radius 1 is 1.00 bits per heavy atom. The van der Waals surface area contributed by atoms with Crippen LogP contribution in [0.1, 0.15) is 25.3 Å². The van der Waals surface area contributed by atoms with E-state index in [4.69, 9.17) is 14.2 Å². The molecular weight excluding hydrogens is 484 g/mol. The highest BCUT2D eigenvalue weighted by Gasteiger charge is 2.63. The largest absolute Gasteiger partial charge is 0.390 e. The van der Waals surface area contributed by atoms with Crippen LogP contribution in [0.2, 0.25) is 0 Å². The molecule has 206 valence electrons. The number of aliphatic hydroxyl groups excluding tert-OH is 2. The summed E-state index contributed by atoms with van der Waals surface area (Å²) in [6, 6.07) is 7.04. The van der Waals surface area contributed by atoms with Gasteiger partial charge in [0.2, 0.25) is 23.9 Å². The summed E-state index contributed by atoms with van der Waals surface area (Å²) in [6.45, 7) is 1.91. The van der Waals surface area contributed by atoms with Crippen molar-refractivity contribution in [3.05, 3.63) is 35.9 Å². The molecule has 12 nitrogen and oxygen atoms in total. The fraction of sp³-hybridized carbons (Fsp3) is 0.680. The minimum atomic E-state index is -2.05. The van der Waals surface area contributed by atoms with Crippen molar-refractivity contribution in [2.45, 2.75) is 86.9 Å². The van der Waals surface area contributed by atoms with Crippen LogP contribution < -0.4 is 21.3 Å². The van der Waals surface area contributed by atoms with Gasteiger partial charge in [0.05, 0.1) is 36.8 Å². The van der Waals surface area contributed by atoms with Crippen molar-refractivity contribution in [2.24, 2.45) is 0 Å². The normalized spacial score (nSPS) is 39.2. The van der Waals surface area contributed by atoms with Gasteiger partial charge in [-0.3, -0.25) is 9.59 Å². The second kappa shape index (κ2) is 11.7. The van der Waals surface area contributed by atoms with Gasteiger partial charge in [-0.25, -0.2) is 0 Å². The molecule has 2 amide bonds. The van der Waals surface area contributed by atoms with Crippen molar-refractivity contribution in [2.75, 3.05) is 20.6 Å². The summed E-state index contributed by atoms with van der Waals surface area (Å²) in [6.07, 6.45) is -5.18. The molecule has 3 fully saturated rings. The minimum absolute atomic E-state index is 0.000341. The Labute approximate surface area is 216 Å². The number of amides is 2. The number of rotatable bonds is 8. The van der Waals surface area contributed by atoms with Crippen LogP contribution in [0.3, 0.4) is 0 Å². The van der Waals surface area contributed by atoms with Gasteiger partial charge in [-0.15, -0.1) is 0 Å². The average molecular weight is 523 g/mol. The topological polar surface area (TPSA) is 171 Å². The van der Waals surface area contributed by atoms with E-state index in [1.165, 1.54) is 0 Å². The van der Waals surface area contributed by atoms with Crippen molar-refractivity contribution < 1.29 is 39.1 Å². The third kappa shape index (κ3) is 5.81. The molecule has 4 rings (SSSR count). The first-order valence-corrected chi connectivity index (χ1v) is 12.7. The van der Waals surface area contributed by atoms with Crippen LogP contribution in [0.4, 0.5) is 0 Å². The summed E-state index contributed by atoms with van der Waals surface area (Å²) < 4.78 is 17.9. The number of carbonyl (C=O) groups is 2. The first-order valence-electron chi connectivity index (χ1n) is 12.7. The Hall–Kier alpha value is -2.16. The maximum atomic E-state index is 12.8. The van der Waals surface area contributed by atoms with E-state index in [2.05, 4.69) is 21.3 Å². The second-order valence-electron chi connectivity index (χ2n) is 9.94. The number of hydrogen-bond acceptors (Lipinski definition) is 10. The van der Waals surface area contributed by atoms with E-state index in [0.717, 1.165) is 5.56 Å². The zero-order chi connectivity index (χ0) is 26.7. The van der Waals surface area contributed by atoms with Crippen molar-refractivity contribution >= 4 is 11.8 Å². The van der Waals surface area contributed by atoms with E-state index >= 15 is 0 Å². The molecule has 1 aromatic rings. The molecule has 2 saturated heterocycles. The lowest BCUT2D eigenvalue weighted by Crippen LogP contribution is -2.79. The van der Waals surface area contributed by atoms with Crippen LogP contribution in [0.25, 0.3) is 0 Å². The lowest BCUT2D eigenvalue weighted by molar-refractivity contribution is -0.449. The monoisotopic (exact) mass is 522 g/mol. The number of nitrogens with one attached hydrogen (secondary N) is 4. The van der Waals surface area contributed by atoms with E-state index in [1.54, 1.807) is 21.0 Å². The number of aliphatic hydroxyl groups is 3. The third-order valence-electron chi connectivity index (χ3n) is 7.37. The van der Waals surface area contributed by atoms with E-state index in [0.29, 0.717) is 0 Å². The SMILES string of the molecule is CN[C@@H]1[C@H](O)[C@H](NC)C2O[C@]3(O)C(OC2[C@@H]1O)O[C@H](C)C[C@H]3NC(=O)CCNC(=O)Cc1ccccc1. The van der Waals surface area contributed by atoms with Gasteiger partial charge in [-0.1, -0.05) is 30.3 Å². The predicted octanol–water partition coefficient (Wildman–Crippen LogP) is -2.26. The smallest absolute Gasteiger partial charge is 0.239 e. The van der Waals surface area contributed by atoms with Gasteiger partial charge in [0.1, 0.15) is 18.3 Å². The molecule has 10 atom stereocenters. The van der Waals surface area contributed by atoms with E-state index < -0.39 is 54.6 Å². The number of likely N-dealkylation sites (N-methyl/N-ethyl adjacent to an activating group) is 2. The van der Waals surface area contributed by atoms with Gasteiger partial charge in [-0.2, -0.15) is 0 Å². The van der Waals surface area contributed by atoms with Crippen molar-refractivity contribution in [3.8, 4) is 0 Å². The van der Waals surface area contributed by atoms with Gasteiger partial charge in [-0.05, 0) is 33.0 Å². The van der Waals surface area contributed by atoms with E-state index in [1.807, 2.05) is 30.3 Å². The zero-order valence-corrected chi connectivity index (χ0v) is 21.3. The van der Waals surface area contributed by atoms with E-state index in [-0.39, 0.29) is 43.7 Å². The van der Waals surface area contributed by atoms with Crippen molar-refractivity contribution in [3.63, 3.8) is 0 Å². The number of ether oxygens (including phenoxy) is 3. The molecule has 1 aliphatic carbocycles. The lowest BCUT2D eigenvalue weighted by atomic mass is 9.79. The molecule has 2 heterocycles. The summed E-state index contributed by atoms with van der Waals surface area (Å²) in [5, 5.41) is 44.6. The Morgan fingerprint density at radius 3 is 2.38 bits per heavy atom. The maximum Gasteiger partial charge on any atom is 0.239 e. The van der Waals surface area contributed by atoms with Crippen LogP contribution in [0, 0.1) is 0 Å². The number of carbonyl (C=O) groups excluding carboxylic acids is 2.